The summed E-state index contributed by atoms with van der Waals surface area (Å²) in [7, 11) is 0. The number of halogens is 1. The minimum absolute atomic E-state index is 0.207. The van der Waals surface area contributed by atoms with Crippen molar-refractivity contribution in [1.29, 1.82) is 5.26 Å². The first-order valence-corrected chi connectivity index (χ1v) is 8.45. The van der Waals surface area contributed by atoms with Crippen LogP contribution in [-0.2, 0) is 4.79 Å². The summed E-state index contributed by atoms with van der Waals surface area (Å²) in [5.41, 5.74) is 5.84. The number of nitrogens with one attached hydrogen (secondary N) is 3. The van der Waals surface area contributed by atoms with Crippen molar-refractivity contribution >= 4 is 34.8 Å². The van der Waals surface area contributed by atoms with Crippen LogP contribution in [0.4, 0.5) is 11.4 Å². The Morgan fingerprint density at radius 3 is 2.43 bits per heavy atom. The van der Waals surface area contributed by atoms with E-state index in [0.29, 0.717) is 11.3 Å². The van der Waals surface area contributed by atoms with Crippen LogP contribution >= 0.6 is 11.6 Å². The average molecular weight is 398 g/mol. The predicted octanol–water partition coefficient (Wildman–Crippen LogP) is 2.38. The fourth-order valence-corrected chi connectivity index (χ4v) is 2.46. The first-order valence-electron chi connectivity index (χ1n) is 8.07. The van der Waals surface area contributed by atoms with Gasteiger partial charge in [-0.3, -0.25) is 20.4 Å². The molecule has 9 heteroatoms. The van der Waals surface area contributed by atoms with Crippen molar-refractivity contribution in [2.45, 2.75) is 19.1 Å². The van der Waals surface area contributed by atoms with Crippen LogP contribution in [0.2, 0.25) is 5.02 Å². The van der Waals surface area contributed by atoms with E-state index >= 15 is 0 Å². The van der Waals surface area contributed by atoms with E-state index in [9.17, 15) is 14.7 Å². The number of hydrogen-bond acceptors (Lipinski definition) is 5. The molecule has 2 aromatic rings. The second kappa shape index (κ2) is 9.38. The second-order valence-corrected chi connectivity index (χ2v) is 6.18. The highest BCUT2D eigenvalue weighted by Crippen LogP contribution is 2.28. The summed E-state index contributed by atoms with van der Waals surface area (Å²) in [5, 5.41) is 21.7. The van der Waals surface area contributed by atoms with Crippen LogP contribution in [-0.4, -0.2) is 29.1 Å². The Balaban J connectivity index is 2.02. The minimum Gasteiger partial charge on any atom is -0.391 e. The number of nitriles is 1. The monoisotopic (exact) mass is 397 g/mol. The molecule has 142 valence electrons. The number of amides is 2. The van der Waals surface area contributed by atoms with E-state index < -0.39 is 24.0 Å². The Hall–Kier alpha value is -3.59. The zero-order valence-electron chi connectivity index (χ0n) is 14.7. The molecule has 2 amide bonds. The van der Waals surface area contributed by atoms with Crippen molar-refractivity contribution < 1.29 is 14.7 Å². The van der Waals surface area contributed by atoms with Crippen molar-refractivity contribution in [3.63, 3.8) is 0 Å². The Labute approximate surface area is 166 Å². The summed E-state index contributed by atoms with van der Waals surface area (Å²) in [6.07, 6.45) is -1.09. The summed E-state index contributed by atoms with van der Waals surface area (Å²) in [4.78, 5) is 27.7. The molecule has 2 aromatic carbocycles. The molecular formula is C19H16ClN5O3. The van der Waals surface area contributed by atoms with E-state index in [4.69, 9.17) is 23.4 Å². The summed E-state index contributed by atoms with van der Waals surface area (Å²) >= 11 is 5.97. The standard InChI is InChI=1S/C19H16ClN5O3/c1-11(26)17(23-14-7-8-16(22-2)15(20)9-14)19(28)25-24-18(27)13-5-3-12(10-21)4-6-13/h3-9,11,17,23,26H,1H3,(H,24,27)(H,25,28)/t11?,17-/m1/s1. The van der Waals surface area contributed by atoms with Crippen molar-refractivity contribution in [3.05, 3.63) is 70.0 Å². The predicted molar refractivity (Wildman–Crippen MR) is 104 cm³/mol. The van der Waals surface area contributed by atoms with Gasteiger partial charge in [0.25, 0.3) is 11.8 Å². The Morgan fingerprint density at radius 2 is 1.89 bits per heavy atom. The third-order valence-corrected chi connectivity index (χ3v) is 4.03. The quantitative estimate of drug-likeness (QED) is 0.456. The lowest BCUT2D eigenvalue weighted by molar-refractivity contribution is -0.124. The molecule has 0 saturated heterocycles. The zero-order chi connectivity index (χ0) is 20.7. The first kappa shape index (κ1) is 20.7. The van der Waals surface area contributed by atoms with Gasteiger partial charge in [0.2, 0.25) is 5.69 Å². The molecule has 0 aliphatic heterocycles. The normalized spacial score (nSPS) is 12.0. The fourth-order valence-electron chi connectivity index (χ4n) is 2.24. The van der Waals surface area contributed by atoms with Crippen LogP contribution in [0.5, 0.6) is 0 Å². The number of aliphatic hydroxyl groups is 1. The third-order valence-electron chi connectivity index (χ3n) is 3.73. The first-order chi connectivity index (χ1) is 13.3. The lowest BCUT2D eigenvalue weighted by Gasteiger charge is -2.22. The number of rotatable bonds is 5. The maximum absolute atomic E-state index is 12.4. The Kier molecular flexibility index (Phi) is 6.94. The molecule has 0 aromatic heterocycles. The summed E-state index contributed by atoms with van der Waals surface area (Å²) < 4.78 is 0. The van der Waals surface area contributed by atoms with E-state index in [1.165, 1.54) is 43.3 Å². The van der Waals surface area contributed by atoms with Gasteiger partial charge in [-0.15, -0.1) is 0 Å². The van der Waals surface area contributed by atoms with E-state index in [1.54, 1.807) is 6.07 Å². The second-order valence-electron chi connectivity index (χ2n) is 5.77. The number of carbonyl (C=O) groups is 2. The maximum atomic E-state index is 12.4. The summed E-state index contributed by atoms with van der Waals surface area (Å²) in [6, 6.07) is 11.2. The smallest absolute Gasteiger partial charge is 0.269 e. The van der Waals surface area contributed by atoms with Crippen LogP contribution < -0.4 is 16.2 Å². The summed E-state index contributed by atoms with van der Waals surface area (Å²) in [5.74, 6) is -1.26. The molecule has 0 radical (unpaired) electrons. The van der Waals surface area contributed by atoms with E-state index in [1.807, 2.05) is 6.07 Å². The highest BCUT2D eigenvalue weighted by molar-refractivity contribution is 6.33. The van der Waals surface area contributed by atoms with Crippen molar-refractivity contribution in [2.75, 3.05) is 5.32 Å². The van der Waals surface area contributed by atoms with Crippen LogP contribution in [0.15, 0.2) is 42.5 Å². The molecule has 0 saturated carbocycles. The molecule has 0 aliphatic carbocycles. The number of nitrogens with zero attached hydrogens (tertiary/aromatic N) is 2. The van der Waals surface area contributed by atoms with E-state index in [2.05, 4.69) is 21.0 Å². The molecule has 1 unspecified atom stereocenters. The lowest BCUT2D eigenvalue weighted by atomic mass is 10.1. The number of anilines is 1. The summed E-state index contributed by atoms with van der Waals surface area (Å²) in [6.45, 7) is 8.39. The molecule has 0 bridgehead atoms. The van der Waals surface area contributed by atoms with Gasteiger partial charge in [-0.05, 0) is 43.3 Å². The Morgan fingerprint density at radius 1 is 1.21 bits per heavy atom. The largest absolute Gasteiger partial charge is 0.391 e. The highest BCUT2D eigenvalue weighted by Gasteiger charge is 2.24. The number of hydrogen-bond donors (Lipinski definition) is 4. The topological polar surface area (TPSA) is 119 Å². The zero-order valence-corrected chi connectivity index (χ0v) is 15.5. The maximum Gasteiger partial charge on any atom is 0.269 e. The van der Waals surface area contributed by atoms with Gasteiger partial charge in [-0.1, -0.05) is 17.7 Å². The fraction of sp³-hybridized carbons (Fsp3) is 0.158. The molecule has 0 aliphatic rings. The van der Waals surface area contributed by atoms with E-state index in [-0.39, 0.29) is 16.3 Å². The van der Waals surface area contributed by atoms with Crippen LogP contribution in [0, 0.1) is 17.9 Å². The molecule has 8 nitrogen and oxygen atoms in total. The molecule has 28 heavy (non-hydrogen) atoms. The lowest BCUT2D eigenvalue weighted by Crippen LogP contribution is -2.52. The molecule has 4 N–H and O–H groups in total. The molecule has 0 fully saturated rings. The van der Waals surface area contributed by atoms with Gasteiger partial charge in [-0.25, -0.2) is 4.85 Å². The van der Waals surface area contributed by atoms with Crippen LogP contribution in [0.3, 0.4) is 0 Å². The van der Waals surface area contributed by atoms with Crippen molar-refractivity contribution in [3.8, 4) is 6.07 Å². The molecule has 0 spiro atoms. The van der Waals surface area contributed by atoms with Gasteiger partial charge in [0, 0.05) is 16.3 Å². The van der Waals surface area contributed by atoms with Gasteiger partial charge in [0.15, 0.2) is 0 Å². The van der Waals surface area contributed by atoms with Gasteiger partial charge in [-0.2, -0.15) is 5.26 Å². The van der Waals surface area contributed by atoms with Crippen LogP contribution in [0.25, 0.3) is 4.85 Å². The van der Waals surface area contributed by atoms with Gasteiger partial charge < -0.3 is 10.4 Å². The number of carbonyl (C=O) groups excluding carboxylic acids is 2. The van der Waals surface area contributed by atoms with Crippen LogP contribution in [0.1, 0.15) is 22.8 Å². The molecule has 2 rings (SSSR count). The number of aliphatic hydroxyl groups excluding tert-OH is 1. The molecule has 0 heterocycles. The molecular weight excluding hydrogens is 382 g/mol. The average Bonchev–Trinajstić information content (AvgIpc) is 2.69. The van der Waals surface area contributed by atoms with Gasteiger partial charge in [0.05, 0.1) is 24.3 Å². The van der Waals surface area contributed by atoms with E-state index in [0.717, 1.165) is 0 Å². The number of hydrazine groups is 1. The van der Waals surface area contributed by atoms with Gasteiger partial charge >= 0.3 is 0 Å². The van der Waals surface area contributed by atoms with Crippen molar-refractivity contribution in [1.82, 2.24) is 10.9 Å². The molecule has 2 atom stereocenters. The number of benzene rings is 2. The van der Waals surface area contributed by atoms with Gasteiger partial charge in [0.1, 0.15) is 6.04 Å². The third kappa shape index (κ3) is 5.21. The Bertz CT molecular complexity index is 961. The van der Waals surface area contributed by atoms with Crippen molar-refractivity contribution in [2.24, 2.45) is 0 Å². The minimum atomic E-state index is -1.09. The highest BCUT2D eigenvalue weighted by atomic mass is 35.5. The SMILES string of the molecule is [C-]#[N+]c1ccc(N[C@@H](C(=O)NNC(=O)c2ccc(C#N)cc2)C(C)O)cc1Cl.